The standard InChI is InChI=1S/C18H26N4O2/c1-3-21-8-4-5-16(21)12-22-11-14(10-17(22)23)18(24)20-15-6-7-19-13(2)9-15/h6-7,9,14,16H,3-5,8,10-12H2,1-2H3,(H,19,20,24)/t14-,16-/m1/s1. The van der Waals surface area contributed by atoms with Crippen molar-refractivity contribution >= 4 is 17.5 Å². The second-order valence-corrected chi connectivity index (χ2v) is 6.80. The number of aromatic nitrogens is 1. The summed E-state index contributed by atoms with van der Waals surface area (Å²) in [7, 11) is 0. The van der Waals surface area contributed by atoms with Crippen LogP contribution in [0.15, 0.2) is 18.3 Å². The molecule has 0 spiro atoms. The molecule has 3 heterocycles. The summed E-state index contributed by atoms with van der Waals surface area (Å²) in [5, 5.41) is 2.91. The molecule has 0 saturated carbocycles. The Balaban J connectivity index is 1.57. The van der Waals surface area contributed by atoms with Crippen molar-refractivity contribution < 1.29 is 9.59 Å². The summed E-state index contributed by atoms with van der Waals surface area (Å²) in [5.74, 6) is -0.235. The Bertz CT molecular complexity index is 619. The molecule has 0 radical (unpaired) electrons. The molecular weight excluding hydrogens is 304 g/mol. The molecule has 130 valence electrons. The Morgan fingerprint density at radius 1 is 1.46 bits per heavy atom. The van der Waals surface area contributed by atoms with Crippen LogP contribution in [0.25, 0.3) is 0 Å². The third-order valence-electron chi connectivity index (χ3n) is 5.09. The van der Waals surface area contributed by atoms with E-state index in [0.717, 1.165) is 37.4 Å². The second-order valence-electron chi connectivity index (χ2n) is 6.80. The number of likely N-dealkylation sites (tertiary alicyclic amines) is 2. The molecule has 0 aliphatic carbocycles. The molecule has 6 nitrogen and oxygen atoms in total. The van der Waals surface area contributed by atoms with Crippen LogP contribution >= 0.6 is 0 Å². The van der Waals surface area contributed by atoms with Crippen LogP contribution in [0.4, 0.5) is 5.69 Å². The molecule has 2 aliphatic heterocycles. The van der Waals surface area contributed by atoms with Crippen LogP contribution in [0, 0.1) is 12.8 Å². The highest BCUT2D eigenvalue weighted by Crippen LogP contribution is 2.24. The van der Waals surface area contributed by atoms with E-state index in [4.69, 9.17) is 0 Å². The minimum Gasteiger partial charge on any atom is -0.340 e. The minimum absolute atomic E-state index is 0.0739. The van der Waals surface area contributed by atoms with Crippen molar-refractivity contribution in [3.63, 3.8) is 0 Å². The molecule has 1 aromatic heterocycles. The zero-order valence-electron chi connectivity index (χ0n) is 14.5. The van der Waals surface area contributed by atoms with Gasteiger partial charge >= 0.3 is 0 Å². The van der Waals surface area contributed by atoms with E-state index in [2.05, 4.69) is 22.1 Å². The van der Waals surface area contributed by atoms with Gasteiger partial charge in [-0.3, -0.25) is 19.5 Å². The number of pyridine rings is 1. The van der Waals surface area contributed by atoms with Crippen molar-refractivity contribution in [3.8, 4) is 0 Å². The first-order chi connectivity index (χ1) is 11.6. The number of aryl methyl sites for hydroxylation is 1. The van der Waals surface area contributed by atoms with Gasteiger partial charge < -0.3 is 10.2 Å². The molecule has 24 heavy (non-hydrogen) atoms. The van der Waals surface area contributed by atoms with Crippen molar-refractivity contribution in [3.05, 3.63) is 24.0 Å². The maximum absolute atomic E-state index is 12.5. The van der Waals surface area contributed by atoms with Crippen molar-refractivity contribution in [2.24, 2.45) is 5.92 Å². The molecule has 2 saturated heterocycles. The lowest BCUT2D eigenvalue weighted by atomic mass is 10.1. The number of carbonyl (C=O) groups excluding carboxylic acids is 2. The Hall–Kier alpha value is -1.95. The lowest BCUT2D eigenvalue weighted by Crippen LogP contribution is -2.41. The minimum atomic E-state index is -0.262. The largest absolute Gasteiger partial charge is 0.340 e. The molecule has 1 aromatic rings. The van der Waals surface area contributed by atoms with E-state index in [0.29, 0.717) is 19.0 Å². The summed E-state index contributed by atoms with van der Waals surface area (Å²) in [5.41, 5.74) is 1.60. The van der Waals surface area contributed by atoms with Gasteiger partial charge in [0.15, 0.2) is 0 Å². The van der Waals surface area contributed by atoms with E-state index in [1.54, 1.807) is 12.3 Å². The van der Waals surface area contributed by atoms with Crippen LogP contribution in [0.1, 0.15) is 31.9 Å². The summed E-state index contributed by atoms with van der Waals surface area (Å²) in [4.78, 5) is 33.2. The van der Waals surface area contributed by atoms with E-state index in [-0.39, 0.29) is 17.7 Å². The number of nitrogens with zero attached hydrogens (tertiary/aromatic N) is 3. The SMILES string of the molecule is CCN1CCC[C@@H]1CN1C[C@H](C(=O)Nc2ccnc(C)c2)CC1=O. The fourth-order valence-corrected chi connectivity index (χ4v) is 3.76. The van der Waals surface area contributed by atoms with Crippen molar-refractivity contribution in [2.45, 2.75) is 39.2 Å². The Kier molecular flexibility index (Phi) is 5.14. The summed E-state index contributed by atoms with van der Waals surface area (Å²) in [6.07, 6.45) is 4.34. The number of hydrogen-bond acceptors (Lipinski definition) is 4. The Morgan fingerprint density at radius 2 is 2.29 bits per heavy atom. The monoisotopic (exact) mass is 330 g/mol. The van der Waals surface area contributed by atoms with E-state index >= 15 is 0 Å². The van der Waals surface area contributed by atoms with Gasteiger partial charge in [-0.15, -0.1) is 0 Å². The third-order valence-corrected chi connectivity index (χ3v) is 5.09. The van der Waals surface area contributed by atoms with Crippen LogP contribution in [0.5, 0.6) is 0 Å². The van der Waals surface area contributed by atoms with Gasteiger partial charge in [-0.25, -0.2) is 0 Å². The first-order valence-corrected chi connectivity index (χ1v) is 8.82. The molecule has 0 unspecified atom stereocenters. The van der Waals surface area contributed by atoms with Crippen LogP contribution in [-0.4, -0.2) is 58.8 Å². The highest BCUT2D eigenvalue weighted by atomic mass is 16.2. The predicted molar refractivity (Wildman–Crippen MR) is 92.6 cm³/mol. The van der Waals surface area contributed by atoms with Gasteiger partial charge in [-0.1, -0.05) is 6.92 Å². The maximum Gasteiger partial charge on any atom is 0.229 e. The lowest BCUT2D eigenvalue weighted by Gasteiger charge is -2.27. The molecular formula is C18H26N4O2. The number of nitrogens with one attached hydrogen (secondary N) is 1. The number of hydrogen-bond donors (Lipinski definition) is 1. The smallest absolute Gasteiger partial charge is 0.229 e. The van der Waals surface area contributed by atoms with Crippen LogP contribution < -0.4 is 5.32 Å². The normalized spacial score (nSPS) is 24.6. The first kappa shape index (κ1) is 16.9. The van der Waals surface area contributed by atoms with E-state index in [1.165, 1.54) is 6.42 Å². The van der Waals surface area contributed by atoms with Gasteiger partial charge in [-0.05, 0) is 45.0 Å². The average Bonchev–Trinajstić information content (AvgIpc) is 3.14. The highest BCUT2D eigenvalue weighted by Gasteiger charge is 2.36. The zero-order valence-corrected chi connectivity index (χ0v) is 14.5. The number of rotatable bonds is 5. The molecule has 2 fully saturated rings. The van der Waals surface area contributed by atoms with Gasteiger partial charge in [0.05, 0.1) is 5.92 Å². The lowest BCUT2D eigenvalue weighted by molar-refractivity contribution is -0.128. The van der Waals surface area contributed by atoms with Gasteiger partial charge in [0.1, 0.15) is 0 Å². The first-order valence-electron chi connectivity index (χ1n) is 8.82. The molecule has 0 aromatic carbocycles. The van der Waals surface area contributed by atoms with Gasteiger partial charge in [-0.2, -0.15) is 0 Å². The molecule has 2 aliphatic rings. The molecule has 0 bridgehead atoms. The fraction of sp³-hybridized carbons (Fsp3) is 0.611. The number of amides is 2. The quantitative estimate of drug-likeness (QED) is 0.892. The number of likely N-dealkylation sites (N-methyl/N-ethyl adjacent to an activating group) is 1. The van der Waals surface area contributed by atoms with E-state index < -0.39 is 0 Å². The summed E-state index contributed by atoms with van der Waals surface area (Å²) < 4.78 is 0. The van der Waals surface area contributed by atoms with Crippen LogP contribution in [0.2, 0.25) is 0 Å². The second kappa shape index (κ2) is 7.30. The van der Waals surface area contributed by atoms with E-state index in [9.17, 15) is 9.59 Å². The van der Waals surface area contributed by atoms with Crippen LogP contribution in [0.3, 0.4) is 0 Å². The van der Waals surface area contributed by atoms with Gasteiger partial charge in [0.25, 0.3) is 0 Å². The molecule has 3 rings (SSSR count). The summed E-state index contributed by atoms with van der Waals surface area (Å²) in [6, 6.07) is 4.06. The third kappa shape index (κ3) is 3.75. The molecule has 1 N–H and O–H groups in total. The van der Waals surface area contributed by atoms with Gasteiger partial charge in [0, 0.05) is 43.1 Å². The molecule has 6 heteroatoms. The number of carbonyl (C=O) groups is 2. The summed E-state index contributed by atoms with van der Waals surface area (Å²) in [6.45, 7) is 7.48. The maximum atomic E-state index is 12.5. The molecule has 2 atom stereocenters. The van der Waals surface area contributed by atoms with Crippen molar-refractivity contribution in [1.82, 2.24) is 14.8 Å². The van der Waals surface area contributed by atoms with Crippen LogP contribution in [-0.2, 0) is 9.59 Å². The predicted octanol–water partition coefficient (Wildman–Crippen LogP) is 1.66. The van der Waals surface area contributed by atoms with Crippen molar-refractivity contribution in [1.29, 1.82) is 0 Å². The number of anilines is 1. The molecule has 2 amide bonds. The summed E-state index contributed by atoms with van der Waals surface area (Å²) >= 11 is 0. The topological polar surface area (TPSA) is 65.5 Å². The van der Waals surface area contributed by atoms with E-state index in [1.807, 2.05) is 17.9 Å². The average molecular weight is 330 g/mol. The Morgan fingerprint density at radius 3 is 3.04 bits per heavy atom. The zero-order chi connectivity index (χ0) is 17.1. The highest BCUT2D eigenvalue weighted by molar-refractivity contribution is 5.97. The fourth-order valence-electron chi connectivity index (χ4n) is 3.76. The Labute approximate surface area is 143 Å². The van der Waals surface area contributed by atoms with Crippen molar-refractivity contribution in [2.75, 3.05) is 31.5 Å². The van der Waals surface area contributed by atoms with Gasteiger partial charge in [0.2, 0.25) is 11.8 Å².